The van der Waals surface area contributed by atoms with Crippen LogP contribution in [0.5, 0.6) is 0 Å². The fourth-order valence-electron chi connectivity index (χ4n) is 4.00. The van der Waals surface area contributed by atoms with Crippen molar-refractivity contribution < 1.29 is 13.9 Å². The summed E-state index contributed by atoms with van der Waals surface area (Å²) in [6.07, 6.45) is 7.56. The summed E-state index contributed by atoms with van der Waals surface area (Å²) >= 11 is 6.22. The van der Waals surface area contributed by atoms with Gasteiger partial charge in [-0.3, -0.25) is 4.79 Å². The highest BCUT2D eigenvalue weighted by molar-refractivity contribution is 6.31. The van der Waals surface area contributed by atoms with Crippen molar-refractivity contribution in [1.82, 2.24) is 9.88 Å². The molecule has 2 fully saturated rings. The molecule has 1 aromatic carbocycles. The van der Waals surface area contributed by atoms with Crippen LogP contribution in [0.3, 0.4) is 0 Å². The van der Waals surface area contributed by atoms with Crippen LogP contribution in [0, 0.1) is 5.92 Å². The van der Waals surface area contributed by atoms with Gasteiger partial charge in [-0.1, -0.05) is 42.6 Å². The van der Waals surface area contributed by atoms with Crippen LogP contribution in [-0.4, -0.2) is 35.5 Å². The maximum Gasteiger partial charge on any atom is 0.225 e. The number of halogens is 1. The van der Waals surface area contributed by atoms with Crippen LogP contribution >= 0.6 is 11.6 Å². The quantitative estimate of drug-likeness (QED) is 0.761. The molecule has 0 radical (unpaired) electrons. The second-order valence-corrected chi connectivity index (χ2v) is 7.89. The number of carbonyl (C=O) groups is 1. The third-order valence-electron chi connectivity index (χ3n) is 5.53. The molecule has 1 saturated heterocycles. The molecule has 27 heavy (non-hydrogen) atoms. The fraction of sp³-hybridized carbons (Fsp3) is 0.524. The number of hydrogen-bond acceptors (Lipinski definition) is 4. The Morgan fingerprint density at radius 3 is 2.89 bits per heavy atom. The molecule has 5 nitrogen and oxygen atoms in total. The maximum absolute atomic E-state index is 12.6. The van der Waals surface area contributed by atoms with Crippen molar-refractivity contribution in [3.05, 3.63) is 52.7 Å². The number of carbonyl (C=O) groups excluding carboxylic acids is 1. The first kappa shape index (κ1) is 18.5. The summed E-state index contributed by atoms with van der Waals surface area (Å²) in [5.41, 5.74) is 1.000. The number of ether oxygens (including phenoxy) is 1. The third kappa shape index (κ3) is 4.53. The van der Waals surface area contributed by atoms with Crippen LogP contribution < -0.4 is 0 Å². The predicted molar refractivity (Wildman–Crippen MR) is 103 cm³/mol. The number of morpholine rings is 1. The van der Waals surface area contributed by atoms with Crippen molar-refractivity contribution in [2.45, 2.75) is 44.6 Å². The van der Waals surface area contributed by atoms with E-state index in [1.807, 2.05) is 29.2 Å². The van der Waals surface area contributed by atoms with E-state index in [-0.39, 0.29) is 12.0 Å². The molecule has 0 spiro atoms. The largest absolute Gasteiger partial charge is 0.442 e. The Kier molecular flexibility index (Phi) is 5.79. The van der Waals surface area contributed by atoms with E-state index < -0.39 is 0 Å². The van der Waals surface area contributed by atoms with Crippen molar-refractivity contribution in [2.24, 2.45) is 5.92 Å². The molecule has 4 rings (SSSR count). The zero-order valence-corrected chi connectivity index (χ0v) is 16.2. The lowest BCUT2D eigenvalue weighted by atomic mass is 10.0. The number of aromatic nitrogens is 1. The molecule has 144 valence electrons. The molecule has 1 amide bonds. The van der Waals surface area contributed by atoms with Crippen LogP contribution in [0.2, 0.25) is 5.02 Å². The Bertz CT molecular complexity index is 785. The molecular weight excluding hydrogens is 364 g/mol. The Hall–Kier alpha value is -1.85. The highest BCUT2D eigenvalue weighted by atomic mass is 35.5. The molecule has 1 atom stereocenters. The van der Waals surface area contributed by atoms with Gasteiger partial charge in [0, 0.05) is 24.4 Å². The first-order chi connectivity index (χ1) is 13.2. The van der Waals surface area contributed by atoms with Crippen LogP contribution in [0.15, 0.2) is 34.9 Å². The summed E-state index contributed by atoms with van der Waals surface area (Å²) in [5.74, 6) is 2.08. The van der Waals surface area contributed by atoms with Crippen molar-refractivity contribution in [3.8, 4) is 0 Å². The summed E-state index contributed by atoms with van der Waals surface area (Å²) in [6, 6.07) is 7.71. The normalized spacial score (nSPS) is 20.9. The molecule has 0 bridgehead atoms. The molecule has 2 aromatic rings. The highest BCUT2D eigenvalue weighted by Gasteiger charge is 2.30. The lowest BCUT2D eigenvalue weighted by Gasteiger charge is -2.32. The van der Waals surface area contributed by atoms with E-state index in [4.69, 9.17) is 20.8 Å². The second kappa shape index (κ2) is 8.44. The Morgan fingerprint density at radius 2 is 2.07 bits per heavy atom. The second-order valence-electron chi connectivity index (χ2n) is 7.49. The van der Waals surface area contributed by atoms with E-state index in [9.17, 15) is 4.79 Å². The van der Waals surface area contributed by atoms with Gasteiger partial charge in [0.1, 0.15) is 5.76 Å². The van der Waals surface area contributed by atoms with E-state index in [0.717, 1.165) is 11.3 Å². The van der Waals surface area contributed by atoms with E-state index in [0.29, 0.717) is 49.4 Å². The van der Waals surface area contributed by atoms with Gasteiger partial charge in [-0.2, -0.15) is 0 Å². The van der Waals surface area contributed by atoms with Crippen LogP contribution in [0.1, 0.15) is 55.4 Å². The molecule has 1 aliphatic carbocycles. The standard InChI is InChI=1S/C21H25ClN2O3/c22-18-8-4-3-7-16(18)12-17-13-23-21(27-17)19-14-24(9-10-26-19)20(25)11-15-5-1-2-6-15/h3-4,7-8,13,15,19H,1-2,5-6,9-12,14H2/t19-/m1/s1. The number of nitrogens with zero attached hydrogens (tertiary/aromatic N) is 2. The minimum Gasteiger partial charge on any atom is -0.442 e. The van der Waals surface area contributed by atoms with Crippen LogP contribution in [0.4, 0.5) is 0 Å². The molecular formula is C21H25ClN2O3. The minimum atomic E-state index is -0.300. The van der Waals surface area contributed by atoms with Crippen molar-refractivity contribution in [2.75, 3.05) is 19.7 Å². The van der Waals surface area contributed by atoms with Crippen LogP contribution in [-0.2, 0) is 16.0 Å². The minimum absolute atomic E-state index is 0.234. The smallest absolute Gasteiger partial charge is 0.225 e. The third-order valence-corrected chi connectivity index (χ3v) is 5.90. The van der Waals surface area contributed by atoms with E-state index in [2.05, 4.69) is 4.98 Å². The molecule has 1 saturated carbocycles. The zero-order chi connectivity index (χ0) is 18.6. The van der Waals surface area contributed by atoms with Gasteiger partial charge in [0.15, 0.2) is 6.10 Å². The van der Waals surface area contributed by atoms with E-state index in [1.165, 1.54) is 25.7 Å². The predicted octanol–water partition coefficient (Wildman–Crippen LogP) is 4.40. The van der Waals surface area contributed by atoms with Crippen molar-refractivity contribution in [3.63, 3.8) is 0 Å². The van der Waals surface area contributed by atoms with Crippen molar-refractivity contribution in [1.29, 1.82) is 0 Å². The average Bonchev–Trinajstić information content (AvgIpc) is 3.36. The first-order valence-electron chi connectivity index (χ1n) is 9.76. The van der Waals surface area contributed by atoms with Gasteiger partial charge in [0.2, 0.25) is 11.8 Å². The van der Waals surface area contributed by atoms with Gasteiger partial charge >= 0.3 is 0 Å². The summed E-state index contributed by atoms with van der Waals surface area (Å²) in [4.78, 5) is 18.9. The van der Waals surface area contributed by atoms with Gasteiger partial charge in [-0.15, -0.1) is 0 Å². The lowest BCUT2D eigenvalue weighted by molar-refractivity contribution is -0.140. The zero-order valence-electron chi connectivity index (χ0n) is 15.4. The molecule has 2 aliphatic rings. The highest BCUT2D eigenvalue weighted by Crippen LogP contribution is 2.29. The maximum atomic E-state index is 12.6. The fourth-order valence-corrected chi connectivity index (χ4v) is 4.20. The SMILES string of the molecule is O=C(CC1CCCC1)N1CCO[C@@H](c2ncc(Cc3ccccc3Cl)o2)C1. The summed E-state index contributed by atoms with van der Waals surface area (Å²) in [6.45, 7) is 1.68. The molecule has 1 aliphatic heterocycles. The molecule has 0 unspecified atom stereocenters. The topological polar surface area (TPSA) is 55.6 Å². The van der Waals surface area contributed by atoms with Crippen molar-refractivity contribution >= 4 is 17.5 Å². The Morgan fingerprint density at radius 1 is 1.26 bits per heavy atom. The Labute approximate surface area is 164 Å². The number of amides is 1. The first-order valence-corrected chi connectivity index (χ1v) is 10.1. The Balaban J connectivity index is 1.37. The number of hydrogen-bond donors (Lipinski definition) is 0. The number of oxazole rings is 1. The molecule has 1 aromatic heterocycles. The molecule has 2 heterocycles. The van der Waals surface area contributed by atoms with Gasteiger partial charge in [0.25, 0.3) is 0 Å². The summed E-state index contributed by atoms with van der Waals surface area (Å²) < 4.78 is 11.7. The van der Waals surface area contributed by atoms with Gasteiger partial charge in [-0.05, 0) is 30.4 Å². The average molecular weight is 389 g/mol. The molecule has 6 heteroatoms. The number of rotatable bonds is 5. The van der Waals surface area contributed by atoms with Gasteiger partial charge < -0.3 is 14.1 Å². The van der Waals surface area contributed by atoms with Gasteiger partial charge in [-0.25, -0.2) is 4.98 Å². The van der Waals surface area contributed by atoms with E-state index >= 15 is 0 Å². The van der Waals surface area contributed by atoms with Gasteiger partial charge in [0.05, 0.1) is 19.3 Å². The lowest BCUT2D eigenvalue weighted by Crippen LogP contribution is -2.42. The summed E-state index contributed by atoms with van der Waals surface area (Å²) in [7, 11) is 0. The number of benzene rings is 1. The summed E-state index contributed by atoms with van der Waals surface area (Å²) in [5, 5.41) is 0.716. The van der Waals surface area contributed by atoms with E-state index in [1.54, 1.807) is 6.20 Å². The van der Waals surface area contributed by atoms with Crippen LogP contribution in [0.25, 0.3) is 0 Å². The monoisotopic (exact) mass is 388 g/mol. The molecule has 0 N–H and O–H groups in total.